The van der Waals surface area contributed by atoms with Crippen molar-refractivity contribution >= 4 is 38.5 Å². The van der Waals surface area contributed by atoms with Gasteiger partial charge in [0, 0.05) is 16.8 Å². The third-order valence-corrected chi connectivity index (χ3v) is 11.9. The van der Waals surface area contributed by atoms with Crippen molar-refractivity contribution in [2.75, 3.05) is 4.43 Å². The van der Waals surface area contributed by atoms with E-state index < -0.39 is 21.9 Å². The van der Waals surface area contributed by atoms with Crippen LogP contribution in [0.25, 0.3) is 0 Å². The maximum atomic E-state index is 13.8. The number of benzene rings is 3. The fraction of sp³-hybridized carbons (Fsp3) is 0.432. The van der Waals surface area contributed by atoms with Crippen molar-refractivity contribution in [3.8, 4) is 0 Å². The highest BCUT2D eigenvalue weighted by molar-refractivity contribution is 14.1. The van der Waals surface area contributed by atoms with E-state index in [1.54, 1.807) is 17.7 Å². The van der Waals surface area contributed by atoms with Crippen LogP contribution in [0.3, 0.4) is 0 Å². The molecule has 5 nitrogen and oxygen atoms in total. The van der Waals surface area contributed by atoms with Gasteiger partial charge < -0.3 is 5.32 Å². The Morgan fingerprint density at radius 1 is 1.04 bits per heavy atom. The summed E-state index contributed by atoms with van der Waals surface area (Å²) in [5.41, 5.74) is 6.76. The molecule has 0 saturated heterocycles. The Morgan fingerprint density at radius 3 is 2.42 bits per heavy atom. The lowest BCUT2D eigenvalue weighted by Gasteiger charge is -2.28. The van der Waals surface area contributed by atoms with Gasteiger partial charge in [-0.2, -0.15) is 0 Å². The molecule has 0 aliphatic heterocycles. The summed E-state index contributed by atoms with van der Waals surface area (Å²) in [7, 11) is -3.96. The van der Waals surface area contributed by atoms with Crippen molar-refractivity contribution in [1.29, 1.82) is 0 Å². The van der Waals surface area contributed by atoms with Crippen LogP contribution in [0.15, 0.2) is 83.3 Å². The van der Waals surface area contributed by atoms with Crippen molar-refractivity contribution in [2.24, 2.45) is 11.8 Å². The Labute approximate surface area is 281 Å². The zero-order valence-electron chi connectivity index (χ0n) is 26.6. The number of carbonyl (C=O) groups is 1. The number of hydrogen-bond donors (Lipinski definition) is 2. The molecule has 5 rings (SSSR count). The van der Waals surface area contributed by atoms with Crippen molar-refractivity contribution in [3.05, 3.63) is 112 Å². The van der Waals surface area contributed by atoms with Crippen LogP contribution >= 0.6 is 22.6 Å². The van der Waals surface area contributed by atoms with Crippen LogP contribution in [0, 0.1) is 17.7 Å². The molecule has 0 saturated carbocycles. The maximum Gasteiger partial charge on any atom is 0.241 e. The van der Waals surface area contributed by atoms with Gasteiger partial charge in [-0.05, 0) is 95.5 Å². The predicted octanol–water partition coefficient (Wildman–Crippen LogP) is 8.29. The second-order valence-corrected chi connectivity index (χ2v) is 16.4. The number of amides is 1. The Morgan fingerprint density at radius 2 is 1.76 bits per heavy atom. The lowest BCUT2D eigenvalue weighted by Crippen LogP contribution is -2.36. The van der Waals surface area contributed by atoms with E-state index in [9.17, 15) is 17.6 Å². The van der Waals surface area contributed by atoms with Crippen LogP contribution in [0.5, 0.6) is 0 Å². The highest BCUT2D eigenvalue weighted by Gasteiger charge is 2.29. The van der Waals surface area contributed by atoms with Gasteiger partial charge in [-0.25, -0.2) is 17.5 Å². The summed E-state index contributed by atoms with van der Waals surface area (Å²) in [4.78, 5) is 13.6. The van der Waals surface area contributed by atoms with Gasteiger partial charge in [-0.3, -0.25) is 4.79 Å². The lowest BCUT2D eigenvalue weighted by molar-refractivity contribution is -0.122. The number of carbonyl (C=O) groups excluding carboxylic acids is 1. The van der Waals surface area contributed by atoms with Crippen molar-refractivity contribution in [1.82, 2.24) is 10.0 Å². The first kappa shape index (κ1) is 33.8. The van der Waals surface area contributed by atoms with Crippen LogP contribution in [-0.2, 0) is 33.1 Å². The Kier molecular flexibility index (Phi) is 10.6. The number of nitrogens with one attached hydrogen (secondary N) is 2. The predicted molar refractivity (Wildman–Crippen MR) is 187 cm³/mol. The first-order chi connectivity index (χ1) is 21.3. The number of alkyl halides is 1. The average Bonchev–Trinajstić information content (AvgIpc) is 3.73. The van der Waals surface area contributed by atoms with E-state index >= 15 is 0 Å². The fourth-order valence-electron chi connectivity index (χ4n) is 6.23. The van der Waals surface area contributed by atoms with Crippen LogP contribution in [-0.4, -0.2) is 18.8 Å². The molecule has 0 bridgehead atoms. The number of rotatable bonds is 12. The first-order valence-corrected chi connectivity index (χ1v) is 18.9. The average molecular weight is 743 g/mol. The summed E-state index contributed by atoms with van der Waals surface area (Å²) in [6.07, 6.45) is 7.29. The van der Waals surface area contributed by atoms with Gasteiger partial charge in [0.25, 0.3) is 0 Å². The zero-order valence-corrected chi connectivity index (χ0v) is 29.6. The normalized spacial score (nSPS) is 19.3. The highest BCUT2D eigenvalue weighted by Crippen LogP contribution is 2.39. The largest absolute Gasteiger partial charge is 0.349 e. The Hall–Kier alpha value is -2.56. The Bertz CT molecular complexity index is 1650. The summed E-state index contributed by atoms with van der Waals surface area (Å²) in [6, 6.07) is 18.1. The minimum atomic E-state index is -3.96. The number of fused-ring (bicyclic) bond motifs is 1. The highest BCUT2D eigenvalue weighted by atomic mass is 127. The van der Waals surface area contributed by atoms with E-state index in [-0.39, 0.29) is 28.7 Å². The van der Waals surface area contributed by atoms with E-state index in [1.165, 1.54) is 46.2 Å². The molecule has 0 spiro atoms. The number of aryl methyl sites for hydroxylation is 1. The molecule has 2 unspecified atom stereocenters. The van der Waals surface area contributed by atoms with Gasteiger partial charge in [0.15, 0.2) is 0 Å². The molecule has 2 aliphatic carbocycles. The third kappa shape index (κ3) is 8.83. The quantitative estimate of drug-likeness (QED) is 0.112. The summed E-state index contributed by atoms with van der Waals surface area (Å²) in [5, 5.41) is 3.19. The van der Waals surface area contributed by atoms with Gasteiger partial charge in [0.1, 0.15) is 5.82 Å². The van der Waals surface area contributed by atoms with Gasteiger partial charge in [0.05, 0.1) is 17.0 Å². The standard InChI is InChI=1S/C37H44FIN2O3S/c1-24(23-39)18-28-21-29(28)20-25-8-17-33-27(19-25)6-5-7-34(33)40-36(42)22-35(26-9-13-31(38)14-10-26)41-45(43,44)32-15-11-30(12-16-32)37(2,3)4/h8-17,19,21,24,29,34-35,41H,5-7,18,20,22-23H2,1-4H3,(H,40,42)/t24?,29?,34-,35-/m1/s1. The molecule has 45 heavy (non-hydrogen) atoms. The summed E-state index contributed by atoms with van der Waals surface area (Å²) in [6.45, 7) is 8.50. The van der Waals surface area contributed by atoms with Gasteiger partial charge in [-0.1, -0.05) is 104 Å². The molecule has 2 N–H and O–H groups in total. The summed E-state index contributed by atoms with van der Waals surface area (Å²) in [5.74, 6) is 0.613. The first-order valence-electron chi connectivity index (χ1n) is 15.9. The van der Waals surface area contributed by atoms with Gasteiger partial charge >= 0.3 is 0 Å². The molecule has 0 aromatic heterocycles. The monoisotopic (exact) mass is 742 g/mol. The van der Waals surface area contributed by atoms with Crippen molar-refractivity contribution < 1.29 is 17.6 Å². The second kappa shape index (κ2) is 14.1. The molecule has 0 heterocycles. The maximum absolute atomic E-state index is 13.8. The van der Waals surface area contributed by atoms with E-state index in [0.717, 1.165) is 36.8 Å². The zero-order chi connectivity index (χ0) is 32.4. The third-order valence-electron chi connectivity index (χ3n) is 8.93. The molecule has 8 heteroatoms. The molecule has 2 aliphatic rings. The molecule has 0 fully saturated rings. The SMILES string of the molecule is CC(CI)CC1=CC1Cc1ccc2c(c1)CCC[C@H]2NC(=O)C[C@@H](NS(=O)(=O)c1ccc(C(C)(C)C)cc1)c1ccc(F)cc1. The molecule has 3 aromatic carbocycles. The molecular formula is C37H44FIN2O3S. The molecule has 1 amide bonds. The summed E-state index contributed by atoms with van der Waals surface area (Å²) >= 11 is 2.46. The molecule has 3 aromatic rings. The number of sulfonamides is 1. The Balaban J connectivity index is 1.27. The minimum absolute atomic E-state index is 0.110. The van der Waals surface area contributed by atoms with E-state index in [2.05, 4.69) is 84.6 Å². The van der Waals surface area contributed by atoms with Crippen LogP contribution in [0.1, 0.15) is 93.3 Å². The van der Waals surface area contributed by atoms with Crippen LogP contribution in [0.4, 0.5) is 4.39 Å². The number of allylic oxidation sites excluding steroid dienone is 2. The van der Waals surface area contributed by atoms with Crippen LogP contribution in [0.2, 0.25) is 0 Å². The fourth-order valence-corrected chi connectivity index (χ4v) is 7.76. The van der Waals surface area contributed by atoms with Crippen LogP contribution < -0.4 is 10.0 Å². The van der Waals surface area contributed by atoms with E-state index in [0.29, 0.717) is 17.4 Å². The topological polar surface area (TPSA) is 75.3 Å². The minimum Gasteiger partial charge on any atom is -0.349 e. The van der Waals surface area contributed by atoms with Crippen molar-refractivity contribution in [3.63, 3.8) is 0 Å². The second-order valence-electron chi connectivity index (χ2n) is 13.8. The van der Waals surface area contributed by atoms with E-state index in [1.807, 2.05) is 12.1 Å². The molecule has 0 radical (unpaired) electrons. The molecule has 240 valence electrons. The van der Waals surface area contributed by atoms with Gasteiger partial charge in [0.2, 0.25) is 15.9 Å². The van der Waals surface area contributed by atoms with Crippen molar-refractivity contribution in [2.45, 2.75) is 88.6 Å². The summed E-state index contributed by atoms with van der Waals surface area (Å²) < 4.78 is 44.6. The van der Waals surface area contributed by atoms with Gasteiger partial charge in [-0.15, -0.1) is 0 Å². The van der Waals surface area contributed by atoms with E-state index in [4.69, 9.17) is 0 Å². The molecular weight excluding hydrogens is 698 g/mol. The smallest absolute Gasteiger partial charge is 0.241 e. The number of halogens is 2. The number of hydrogen-bond acceptors (Lipinski definition) is 3. The lowest BCUT2D eigenvalue weighted by atomic mass is 9.85. The molecule has 4 atom stereocenters.